The number of morpholine rings is 1. The first kappa shape index (κ1) is 19.1. The Bertz CT molecular complexity index is 1210. The van der Waals surface area contributed by atoms with Gasteiger partial charge in [0.2, 0.25) is 0 Å². The second-order valence-electron chi connectivity index (χ2n) is 7.28. The fraction of sp³-hybridized carbons (Fsp3) is 0.167. The lowest BCUT2D eigenvalue weighted by molar-refractivity contribution is -0.0246. The molecule has 0 aliphatic carbocycles. The zero-order valence-corrected chi connectivity index (χ0v) is 16.8. The number of para-hydroxylation sites is 1. The van der Waals surface area contributed by atoms with Crippen molar-refractivity contribution in [3.63, 3.8) is 0 Å². The van der Waals surface area contributed by atoms with Crippen LogP contribution in [0.2, 0.25) is 0 Å². The summed E-state index contributed by atoms with van der Waals surface area (Å²) < 4.78 is 5.96. The van der Waals surface area contributed by atoms with E-state index in [0.29, 0.717) is 31.1 Å². The van der Waals surface area contributed by atoms with Gasteiger partial charge in [0.1, 0.15) is 17.7 Å². The number of pyridine rings is 3. The van der Waals surface area contributed by atoms with Crippen molar-refractivity contribution in [3.05, 3.63) is 90.4 Å². The molecule has 1 amide bonds. The van der Waals surface area contributed by atoms with Crippen LogP contribution in [0.25, 0.3) is 10.9 Å². The van der Waals surface area contributed by atoms with Gasteiger partial charge >= 0.3 is 0 Å². The summed E-state index contributed by atoms with van der Waals surface area (Å²) in [4.78, 5) is 28.5. The number of carbonyl (C=O) groups excluding carboxylic acids is 1. The number of rotatable bonds is 4. The minimum Gasteiger partial charge on any atom is -0.368 e. The molecule has 1 N–H and O–H groups in total. The standard InChI is InChI=1S/C24H21N5O2/c30-24(18-8-3-6-17-7-5-13-26-23(17)18)29-14-15-31-20(16-29)19-9-4-11-22(27-19)28-21-10-1-2-12-25-21/h1-13,20H,14-16H2,(H,25,27,28). The lowest BCUT2D eigenvalue weighted by atomic mass is 10.1. The summed E-state index contributed by atoms with van der Waals surface area (Å²) in [5.74, 6) is 1.36. The second-order valence-corrected chi connectivity index (χ2v) is 7.28. The highest BCUT2D eigenvalue weighted by atomic mass is 16.5. The summed E-state index contributed by atoms with van der Waals surface area (Å²) >= 11 is 0. The molecule has 1 aliphatic rings. The molecule has 1 saturated heterocycles. The van der Waals surface area contributed by atoms with Crippen LogP contribution in [0, 0.1) is 0 Å². The average Bonchev–Trinajstić information content (AvgIpc) is 2.84. The maximum absolute atomic E-state index is 13.3. The van der Waals surface area contributed by atoms with E-state index >= 15 is 0 Å². The van der Waals surface area contributed by atoms with Gasteiger partial charge in [0.25, 0.3) is 5.91 Å². The number of ether oxygens (including phenoxy) is 1. The largest absolute Gasteiger partial charge is 0.368 e. The predicted molar refractivity (Wildman–Crippen MR) is 118 cm³/mol. The smallest absolute Gasteiger partial charge is 0.256 e. The van der Waals surface area contributed by atoms with E-state index in [0.717, 1.165) is 22.4 Å². The Hall–Kier alpha value is -3.84. The lowest BCUT2D eigenvalue weighted by Gasteiger charge is -2.33. The molecule has 0 bridgehead atoms. The Labute approximate surface area is 179 Å². The maximum atomic E-state index is 13.3. The Morgan fingerprint density at radius 2 is 1.77 bits per heavy atom. The normalized spacial score (nSPS) is 16.3. The van der Waals surface area contributed by atoms with Gasteiger partial charge in [-0.25, -0.2) is 9.97 Å². The van der Waals surface area contributed by atoms with Crippen LogP contribution in [-0.2, 0) is 4.74 Å². The average molecular weight is 411 g/mol. The molecule has 1 atom stereocenters. The predicted octanol–water partition coefficient (Wildman–Crippen LogP) is 3.98. The van der Waals surface area contributed by atoms with Crippen LogP contribution in [0.5, 0.6) is 0 Å². The Morgan fingerprint density at radius 1 is 0.935 bits per heavy atom. The monoisotopic (exact) mass is 411 g/mol. The summed E-state index contributed by atoms with van der Waals surface area (Å²) in [5, 5.41) is 4.15. The number of carbonyl (C=O) groups is 1. The number of benzene rings is 1. The molecular weight excluding hydrogens is 390 g/mol. The zero-order chi connectivity index (χ0) is 21.0. The first-order valence-electron chi connectivity index (χ1n) is 10.2. The van der Waals surface area contributed by atoms with E-state index in [4.69, 9.17) is 4.74 Å². The minimum atomic E-state index is -0.300. The van der Waals surface area contributed by atoms with Crippen molar-refractivity contribution < 1.29 is 9.53 Å². The summed E-state index contributed by atoms with van der Waals surface area (Å²) in [5.41, 5.74) is 2.10. The van der Waals surface area contributed by atoms with Crippen LogP contribution in [-0.4, -0.2) is 45.5 Å². The Morgan fingerprint density at radius 3 is 2.68 bits per heavy atom. The van der Waals surface area contributed by atoms with Crippen LogP contribution in [0.15, 0.2) is 79.1 Å². The van der Waals surface area contributed by atoms with Crippen LogP contribution < -0.4 is 5.32 Å². The van der Waals surface area contributed by atoms with E-state index in [2.05, 4.69) is 20.3 Å². The van der Waals surface area contributed by atoms with Gasteiger partial charge < -0.3 is 15.0 Å². The first-order chi connectivity index (χ1) is 15.3. The number of fused-ring (bicyclic) bond motifs is 1. The molecule has 5 rings (SSSR count). The van der Waals surface area contributed by atoms with Crippen LogP contribution in [0.1, 0.15) is 22.2 Å². The van der Waals surface area contributed by atoms with Gasteiger partial charge in [-0.2, -0.15) is 0 Å². The summed E-state index contributed by atoms with van der Waals surface area (Å²) in [6, 6.07) is 20.9. The fourth-order valence-corrected chi connectivity index (χ4v) is 3.73. The van der Waals surface area contributed by atoms with Crippen molar-refractivity contribution in [3.8, 4) is 0 Å². The molecule has 7 heteroatoms. The fourth-order valence-electron chi connectivity index (χ4n) is 3.73. The summed E-state index contributed by atoms with van der Waals surface area (Å²) in [6.45, 7) is 1.42. The molecule has 154 valence electrons. The highest BCUT2D eigenvalue weighted by Gasteiger charge is 2.28. The molecule has 1 fully saturated rings. The van der Waals surface area contributed by atoms with E-state index in [9.17, 15) is 4.79 Å². The van der Waals surface area contributed by atoms with E-state index in [1.165, 1.54) is 0 Å². The number of nitrogens with zero attached hydrogens (tertiary/aromatic N) is 4. The molecule has 1 unspecified atom stereocenters. The van der Waals surface area contributed by atoms with E-state index < -0.39 is 0 Å². The third-order valence-electron chi connectivity index (χ3n) is 5.24. The van der Waals surface area contributed by atoms with Crippen LogP contribution >= 0.6 is 0 Å². The summed E-state index contributed by atoms with van der Waals surface area (Å²) in [7, 11) is 0. The first-order valence-corrected chi connectivity index (χ1v) is 10.2. The van der Waals surface area contributed by atoms with E-state index in [-0.39, 0.29) is 12.0 Å². The van der Waals surface area contributed by atoms with Crippen molar-refractivity contribution >= 4 is 28.4 Å². The van der Waals surface area contributed by atoms with Gasteiger partial charge in [0.05, 0.1) is 29.9 Å². The van der Waals surface area contributed by atoms with Gasteiger partial charge in [-0.05, 0) is 36.4 Å². The van der Waals surface area contributed by atoms with Crippen LogP contribution in [0.4, 0.5) is 11.6 Å². The van der Waals surface area contributed by atoms with Crippen molar-refractivity contribution in [1.82, 2.24) is 19.9 Å². The molecule has 0 radical (unpaired) electrons. The van der Waals surface area contributed by atoms with E-state index in [1.54, 1.807) is 12.4 Å². The summed E-state index contributed by atoms with van der Waals surface area (Å²) in [6.07, 6.45) is 3.14. The zero-order valence-electron chi connectivity index (χ0n) is 16.8. The van der Waals surface area contributed by atoms with Crippen LogP contribution in [0.3, 0.4) is 0 Å². The number of anilines is 2. The van der Waals surface area contributed by atoms with Gasteiger partial charge in [0.15, 0.2) is 0 Å². The van der Waals surface area contributed by atoms with E-state index in [1.807, 2.05) is 71.6 Å². The third kappa shape index (κ3) is 4.08. The Balaban J connectivity index is 1.36. The number of hydrogen-bond acceptors (Lipinski definition) is 6. The molecule has 31 heavy (non-hydrogen) atoms. The maximum Gasteiger partial charge on any atom is 0.256 e. The van der Waals surface area contributed by atoms with Gasteiger partial charge in [-0.1, -0.05) is 30.3 Å². The van der Waals surface area contributed by atoms with Crippen molar-refractivity contribution in [2.45, 2.75) is 6.10 Å². The molecule has 4 aromatic rings. The highest BCUT2D eigenvalue weighted by molar-refractivity contribution is 6.05. The van der Waals surface area contributed by atoms with Gasteiger partial charge in [-0.15, -0.1) is 0 Å². The van der Waals surface area contributed by atoms with Gasteiger partial charge in [-0.3, -0.25) is 9.78 Å². The minimum absolute atomic E-state index is 0.0413. The Kier molecular flexibility index (Phi) is 5.24. The quantitative estimate of drug-likeness (QED) is 0.547. The van der Waals surface area contributed by atoms with Crippen molar-refractivity contribution in [2.75, 3.05) is 25.0 Å². The molecule has 0 saturated carbocycles. The topological polar surface area (TPSA) is 80.2 Å². The number of amides is 1. The highest BCUT2D eigenvalue weighted by Crippen LogP contribution is 2.25. The molecule has 4 heterocycles. The van der Waals surface area contributed by atoms with Gasteiger partial charge in [0, 0.05) is 24.3 Å². The second kappa shape index (κ2) is 8.49. The van der Waals surface area contributed by atoms with Crippen molar-refractivity contribution in [1.29, 1.82) is 0 Å². The molecule has 3 aromatic heterocycles. The third-order valence-corrected chi connectivity index (χ3v) is 5.24. The molecule has 7 nitrogen and oxygen atoms in total. The lowest BCUT2D eigenvalue weighted by Crippen LogP contribution is -2.42. The number of hydrogen-bond donors (Lipinski definition) is 1. The molecular formula is C24H21N5O2. The number of aromatic nitrogens is 3. The molecule has 0 spiro atoms. The molecule has 1 aromatic carbocycles. The SMILES string of the molecule is O=C(c1cccc2cccnc12)N1CCOC(c2cccc(Nc3ccccn3)n2)C1. The number of nitrogens with one attached hydrogen (secondary N) is 1. The molecule has 1 aliphatic heterocycles. The van der Waals surface area contributed by atoms with Crippen molar-refractivity contribution in [2.24, 2.45) is 0 Å².